The van der Waals surface area contributed by atoms with Crippen LogP contribution < -0.4 is 10.0 Å². The first kappa shape index (κ1) is 19.6. The Kier molecular flexibility index (Phi) is 6.01. The molecule has 1 fully saturated rings. The van der Waals surface area contributed by atoms with Crippen molar-refractivity contribution >= 4 is 21.5 Å². The minimum absolute atomic E-state index is 0.334. The summed E-state index contributed by atoms with van der Waals surface area (Å²) in [6, 6.07) is 9.82. The molecule has 0 saturated heterocycles. The standard InChI is InChI=1S/C20H27N3O3S/c1-14-3-4-17(11-15(14)2)22-13-16-9-10-21-20(12-16)23-27(25,26)19-7-5-18(24)6-8-19/h3-4,9-12,18-19,22,24H,5-8,13H2,1-2H3,(H,21,23). The molecule has 146 valence electrons. The van der Waals surface area contributed by atoms with E-state index in [1.165, 1.54) is 11.1 Å². The van der Waals surface area contributed by atoms with E-state index in [4.69, 9.17) is 0 Å². The summed E-state index contributed by atoms with van der Waals surface area (Å²) in [4.78, 5) is 4.15. The lowest BCUT2D eigenvalue weighted by atomic mass is 9.97. The SMILES string of the molecule is Cc1ccc(NCc2ccnc(NS(=O)(=O)C3CCC(O)CC3)c2)cc1C. The molecule has 0 bridgehead atoms. The Balaban J connectivity index is 1.63. The highest BCUT2D eigenvalue weighted by atomic mass is 32.2. The molecule has 0 amide bonds. The van der Waals surface area contributed by atoms with E-state index in [0.717, 1.165) is 11.3 Å². The van der Waals surface area contributed by atoms with Crippen molar-refractivity contribution < 1.29 is 13.5 Å². The minimum atomic E-state index is -3.50. The van der Waals surface area contributed by atoms with Crippen molar-refractivity contribution in [1.29, 1.82) is 0 Å². The van der Waals surface area contributed by atoms with Gasteiger partial charge < -0.3 is 10.4 Å². The van der Waals surface area contributed by atoms with E-state index < -0.39 is 15.3 Å². The van der Waals surface area contributed by atoms with Crippen LogP contribution in [-0.4, -0.2) is 29.9 Å². The van der Waals surface area contributed by atoms with Gasteiger partial charge in [0, 0.05) is 18.4 Å². The third-order valence-corrected chi connectivity index (χ3v) is 7.00. The van der Waals surface area contributed by atoms with Gasteiger partial charge in [-0.1, -0.05) is 6.07 Å². The number of nitrogens with one attached hydrogen (secondary N) is 2. The number of anilines is 2. The van der Waals surface area contributed by atoms with E-state index in [1.807, 2.05) is 12.1 Å². The number of aliphatic hydroxyl groups excluding tert-OH is 1. The fourth-order valence-electron chi connectivity index (χ4n) is 3.28. The average Bonchev–Trinajstić information content (AvgIpc) is 2.63. The quantitative estimate of drug-likeness (QED) is 0.705. The van der Waals surface area contributed by atoms with Gasteiger partial charge in [-0.15, -0.1) is 0 Å². The van der Waals surface area contributed by atoms with Crippen LogP contribution >= 0.6 is 0 Å². The van der Waals surface area contributed by atoms with E-state index in [1.54, 1.807) is 12.3 Å². The third kappa shape index (κ3) is 5.20. The van der Waals surface area contributed by atoms with Gasteiger partial charge in [-0.3, -0.25) is 4.72 Å². The predicted molar refractivity (Wildman–Crippen MR) is 108 cm³/mol. The molecule has 1 aromatic carbocycles. The third-order valence-electron chi connectivity index (χ3n) is 5.16. The number of hydrogen-bond donors (Lipinski definition) is 3. The molecule has 0 unspecified atom stereocenters. The first-order chi connectivity index (χ1) is 12.8. The van der Waals surface area contributed by atoms with Crippen LogP contribution in [0.15, 0.2) is 36.5 Å². The Morgan fingerprint density at radius 1 is 1.07 bits per heavy atom. The summed E-state index contributed by atoms with van der Waals surface area (Å²) >= 11 is 0. The molecule has 1 aromatic heterocycles. The molecular formula is C20H27N3O3S. The Labute approximate surface area is 161 Å². The van der Waals surface area contributed by atoms with E-state index in [2.05, 4.69) is 41.0 Å². The summed E-state index contributed by atoms with van der Waals surface area (Å²) in [7, 11) is -3.50. The maximum absolute atomic E-state index is 12.6. The maximum atomic E-state index is 12.6. The lowest BCUT2D eigenvalue weighted by molar-refractivity contribution is 0.131. The normalized spacial score (nSPS) is 20.3. The lowest BCUT2D eigenvalue weighted by Gasteiger charge is -2.25. The van der Waals surface area contributed by atoms with Gasteiger partial charge in [0.15, 0.2) is 0 Å². The zero-order valence-corrected chi connectivity index (χ0v) is 16.6. The maximum Gasteiger partial charge on any atom is 0.236 e. The molecule has 0 atom stereocenters. The van der Waals surface area contributed by atoms with Crippen molar-refractivity contribution in [2.75, 3.05) is 10.0 Å². The van der Waals surface area contributed by atoms with Crippen LogP contribution in [0.4, 0.5) is 11.5 Å². The van der Waals surface area contributed by atoms with E-state index in [9.17, 15) is 13.5 Å². The highest BCUT2D eigenvalue weighted by Crippen LogP contribution is 2.25. The molecule has 0 radical (unpaired) electrons. The van der Waals surface area contributed by atoms with Crippen LogP contribution in [0.3, 0.4) is 0 Å². The van der Waals surface area contributed by atoms with Crippen LogP contribution in [0.25, 0.3) is 0 Å². The molecule has 1 aliphatic rings. The molecule has 27 heavy (non-hydrogen) atoms. The first-order valence-electron chi connectivity index (χ1n) is 9.29. The lowest BCUT2D eigenvalue weighted by Crippen LogP contribution is -2.33. The molecule has 0 aliphatic heterocycles. The first-order valence-corrected chi connectivity index (χ1v) is 10.8. The van der Waals surface area contributed by atoms with E-state index in [0.29, 0.717) is 38.0 Å². The van der Waals surface area contributed by atoms with Crippen molar-refractivity contribution in [2.45, 2.75) is 57.4 Å². The molecular weight excluding hydrogens is 362 g/mol. The van der Waals surface area contributed by atoms with Crippen LogP contribution in [-0.2, 0) is 16.6 Å². The number of aryl methyl sites for hydroxylation is 2. The summed E-state index contributed by atoms with van der Waals surface area (Å²) in [5, 5.41) is 12.5. The Morgan fingerprint density at radius 2 is 1.81 bits per heavy atom. The van der Waals surface area contributed by atoms with Crippen molar-refractivity contribution in [3.63, 3.8) is 0 Å². The number of aromatic nitrogens is 1. The number of hydrogen-bond acceptors (Lipinski definition) is 5. The summed E-state index contributed by atoms with van der Waals surface area (Å²) in [6.07, 6.45) is 3.24. The van der Waals surface area contributed by atoms with Crippen molar-refractivity contribution in [1.82, 2.24) is 4.98 Å². The number of pyridine rings is 1. The molecule has 1 aliphatic carbocycles. The summed E-state index contributed by atoms with van der Waals surface area (Å²) in [6.45, 7) is 4.73. The van der Waals surface area contributed by atoms with Gasteiger partial charge in [0.25, 0.3) is 0 Å². The van der Waals surface area contributed by atoms with Gasteiger partial charge in [0.1, 0.15) is 5.82 Å². The highest BCUT2D eigenvalue weighted by Gasteiger charge is 2.30. The fraction of sp³-hybridized carbons (Fsp3) is 0.450. The van der Waals surface area contributed by atoms with E-state index >= 15 is 0 Å². The molecule has 3 N–H and O–H groups in total. The largest absolute Gasteiger partial charge is 0.393 e. The van der Waals surface area contributed by atoms with Crippen LogP contribution in [0.2, 0.25) is 0 Å². The highest BCUT2D eigenvalue weighted by molar-refractivity contribution is 7.93. The molecule has 7 heteroatoms. The monoisotopic (exact) mass is 389 g/mol. The Hall–Kier alpha value is -2.12. The molecule has 3 rings (SSSR count). The van der Waals surface area contributed by atoms with Gasteiger partial charge in [0.2, 0.25) is 10.0 Å². The van der Waals surface area contributed by atoms with Gasteiger partial charge in [-0.2, -0.15) is 0 Å². The molecule has 2 aromatic rings. The number of aliphatic hydroxyl groups is 1. The summed E-state index contributed by atoms with van der Waals surface area (Å²) in [5.41, 5.74) is 4.44. The number of rotatable bonds is 6. The van der Waals surface area contributed by atoms with Crippen LogP contribution in [0.5, 0.6) is 0 Å². The zero-order chi connectivity index (χ0) is 19.4. The van der Waals surface area contributed by atoms with E-state index in [-0.39, 0.29) is 6.10 Å². The fourth-order valence-corrected chi connectivity index (χ4v) is 4.74. The van der Waals surface area contributed by atoms with Gasteiger partial charge in [-0.05, 0) is 80.5 Å². The Morgan fingerprint density at radius 3 is 2.52 bits per heavy atom. The second-order valence-electron chi connectivity index (χ2n) is 7.28. The topological polar surface area (TPSA) is 91.3 Å². The van der Waals surface area contributed by atoms with Crippen molar-refractivity contribution in [2.24, 2.45) is 0 Å². The van der Waals surface area contributed by atoms with Crippen LogP contribution in [0.1, 0.15) is 42.4 Å². The van der Waals surface area contributed by atoms with Crippen molar-refractivity contribution in [3.05, 3.63) is 53.2 Å². The van der Waals surface area contributed by atoms with Crippen molar-refractivity contribution in [3.8, 4) is 0 Å². The molecule has 1 saturated carbocycles. The predicted octanol–water partition coefficient (Wildman–Crippen LogP) is 3.36. The van der Waals surface area contributed by atoms with Crippen LogP contribution in [0, 0.1) is 13.8 Å². The molecule has 1 heterocycles. The van der Waals surface area contributed by atoms with Gasteiger partial charge in [-0.25, -0.2) is 13.4 Å². The summed E-state index contributed by atoms with van der Waals surface area (Å²) in [5.74, 6) is 0.334. The number of sulfonamides is 1. The molecule has 0 spiro atoms. The van der Waals surface area contributed by atoms with Gasteiger partial charge in [0.05, 0.1) is 11.4 Å². The zero-order valence-electron chi connectivity index (χ0n) is 15.8. The smallest absolute Gasteiger partial charge is 0.236 e. The van der Waals surface area contributed by atoms with Gasteiger partial charge >= 0.3 is 0 Å². The number of benzene rings is 1. The number of nitrogens with zero attached hydrogens (tertiary/aromatic N) is 1. The minimum Gasteiger partial charge on any atom is -0.393 e. The second kappa shape index (κ2) is 8.27. The molecule has 6 nitrogen and oxygen atoms in total. The average molecular weight is 390 g/mol. The Bertz CT molecular complexity index is 891. The second-order valence-corrected chi connectivity index (χ2v) is 9.24. The summed E-state index contributed by atoms with van der Waals surface area (Å²) < 4.78 is 27.8.